The van der Waals surface area contributed by atoms with Crippen LogP contribution in [0.3, 0.4) is 0 Å². The van der Waals surface area contributed by atoms with Gasteiger partial charge in [0.1, 0.15) is 4.88 Å². The zero-order valence-electron chi connectivity index (χ0n) is 8.99. The van der Waals surface area contributed by atoms with E-state index in [0.29, 0.717) is 10.4 Å². The maximum Gasteiger partial charge on any atom is 0.350 e. The van der Waals surface area contributed by atoms with Gasteiger partial charge in [-0.3, -0.25) is 4.79 Å². The number of carbonyl (C=O) groups is 1. The molecule has 0 aliphatic carbocycles. The van der Waals surface area contributed by atoms with E-state index in [1.807, 2.05) is 12.3 Å². The summed E-state index contributed by atoms with van der Waals surface area (Å²) < 4.78 is 4.67. The largest absolute Gasteiger partial charge is 0.465 e. The van der Waals surface area contributed by atoms with Gasteiger partial charge in [-0.25, -0.2) is 4.79 Å². The SMILES string of the molecule is CCc1cc(=O)[nH]c2c(C(=O)OC)scc12. The highest BCUT2D eigenvalue weighted by Crippen LogP contribution is 2.26. The number of ether oxygens (including phenoxy) is 1. The fourth-order valence-corrected chi connectivity index (χ4v) is 2.61. The van der Waals surface area contributed by atoms with Gasteiger partial charge in [-0.1, -0.05) is 6.92 Å². The molecule has 0 bridgehead atoms. The number of nitrogens with one attached hydrogen (secondary N) is 1. The van der Waals surface area contributed by atoms with E-state index >= 15 is 0 Å². The molecule has 5 heteroatoms. The maximum atomic E-state index is 11.5. The van der Waals surface area contributed by atoms with E-state index in [-0.39, 0.29) is 5.56 Å². The second kappa shape index (κ2) is 4.09. The van der Waals surface area contributed by atoms with Crippen molar-refractivity contribution in [2.24, 2.45) is 0 Å². The summed E-state index contributed by atoms with van der Waals surface area (Å²) in [6, 6.07) is 1.57. The molecule has 0 aliphatic rings. The van der Waals surface area contributed by atoms with Crippen molar-refractivity contribution in [3.05, 3.63) is 32.2 Å². The smallest absolute Gasteiger partial charge is 0.350 e. The van der Waals surface area contributed by atoms with Gasteiger partial charge >= 0.3 is 5.97 Å². The summed E-state index contributed by atoms with van der Waals surface area (Å²) in [4.78, 5) is 26.0. The number of pyridine rings is 1. The van der Waals surface area contributed by atoms with E-state index in [9.17, 15) is 9.59 Å². The number of aromatic nitrogens is 1. The van der Waals surface area contributed by atoms with E-state index < -0.39 is 5.97 Å². The first-order valence-electron chi connectivity index (χ1n) is 4.89. The molecule has 84 valence electrons. The van der Waals surface area contributed by atoms with Crippen LogP contribution in [0.4, 0.5) is 0 Å². The lowest BCUT2D eigenvalue weighted by Gasteiger charge is -2.00. The molecule has 16 heavy (non-hydrogen) atoms. The molecule has 0 spiro atoms. The molecule has 0 aromatic carbocycles. The molecule has 0 saturated carbocycles. The third kappa shape index (κ3) is 1.63. The number of aryl methyl sites for hydroxylation is 1. The Balaban J connectivity index is 2.77. The van der Waals surface area contributed by atoms with Crippen molar-refractivity contribution >= 4 is 28.2 Å². The zero-order valence-corrected chi connectivity index (χ0v) is 9.81. The molecule has 2 heterocycles. The number of thiophene rings is 1. The van der Waals surface area contributed by atoms with E-state index in [1.54, 1.807) is 6.07 Å². The normalized spacial score (nSPS) is 10.6. The van der Waals surface area contributed by atoms with Crippen molar-refractivity contribution in [3.8, 4) is 0 Å². The first kappa shape index (κ1) is 10.9. The van der Waals surface area contributed by atoms with Crippen molar-refractivity contribution < 1.29 is 9.53 Å². The van der Waals surface area contributed by atoms with Gasteiger partial charge in [0.05, 0.1) is 12.6 Å². The number of carbonyl (C=O) groups excluding carboxylic acids is 1. The van der Waals surface area contributed by atoms with Crippen LogP contribution in [0, 0.1) is 0 Å². The van der Waals surface area contributed by atoms with Crippen molar-refractivity contribution in [2.45, 2.75) is 13.3 Å². The molecule has 0 atom stereocenters. The Bertz CT molecular complexity index is 597. The lowest BCUT2D eigenvalue weighted by atomic mass is 10.1. The summed E-state index contributed by atoms with van der Waals surface area (Å²) in [5.74, 6) is -0.413. The fourth-order valence-electron chi connectivity index (χ4n) is 1.65. The second-order valence-corrected chi connectivity index (χ2v) is 4.24. The van der Waals surface area contributed by atoms with Crippen molar-refractivity contribution in [1.29, 1.82) is 0 Å². The summed E-state index contributed by atoms with van der Waals surface area (Å²) in [5.41, 5.74) is 1.35. The van der Waals surface area contributed by atoms with Crippen LogP contribution in [0.25, 0.3) is 10.9 Å². The van der Waals surface area contributed by atoms with Crippen LogP contribution in [0.1, 0.15) is 22.2 Å². The van der Waals surface area contributed by atoms with Crippen molar-refractivity contribution in [3.63, 3.8) is 0 Å². The quantitative estimate of drug-likeness (QED) is 0.812. The van der Waals surface area contributed by atoms with Crippen LogP contribution in [0.5, 0.6) is 0 Å². The summed E-state index contributed by atoms with van der Waals surface area (Å²) in [7, 11) is 1.33. The topological polar surface area (TPSA) is 59.2 Å². The Hall–Kier alpha value is -1.62. The first-order chi connectivity index (χ1) is 7.67. The van der Waals surface area contributed by atoms with Crippen LogP contribution >= 0.6 is 11.3 Å². The van der Waals surface area contributed by atoms with Gasteiger partial charge in [0.2, 0.25) is 5.56 Å². The number of methoxy groups -OCH3 is 1. The monoisotopic (exact) mass is 237 g/mol. The molecule has 0 aliphatic heterocycles. The van der Waals surface area contributed by atoms with Gasteiger partial charge in [0.25, 0.3) is 0 Å². The molecule has 0 saturated heterocycles. The average molecular weight is 237 g/mol. The fraction of sp³-hybridized carbons (Fsp3) is 0.273. The van der Waals surface area contributed by atoms with E-state index in [1.165, 1.54) is 18.4 Å². The number of hydrogen-bond donors (Lipinski definition) is 1. The Kier molecular flexibility index (Phi) is 2.78. The van der Waals surface area contributed by atoms with E-state index in [2.05, 4.69) is 9.72 Å². The number of H-pyrrole nitrogens is 1. The van der Waals surface area contributed by atoms with Crippen LogP contribution < -0.4 is 5.56 Å². The number of esters is 1. The molecule has 2 rings (SSSR count). The molecule has 2 aromatic rings. The Morgan fingerprint density at radius 3 is 2.94 bits per heavy atom. The molecule has 4 nitrogen and oxygen atoms in total. The highest BCUT2D eigenvalue weighted by molar-refractivity contribution is 7.13. The predicted molar refractivity (Wildman–Crippen MR) is 63.2 cm³/mol. The van der Waals surface area contributed by atoms with Gasteiger partial charge in [-0.05, 0) is 12.0 Å². The van der Waals surface area contributed by atoms with E-state index in [0.717, 1.165) is 17.4 Å². The Morgan fingerprint density at radius 2 is 2.31 bits per heavy atom. The first-order valence-corrected chi connectivity index (χ1v) is 5.77. The minimum atomic E-state index is -0.413. The third-order valence-electron chi connectivity index (χ3n) is 2.44. The second-order valence-electron chi connectivity index (χ2n) is 3.36. The van der Waals surface area contributed by atoms with Gasteiger partial charge in [0.15, 0.2) is 0 Å². The van der Waals surface area contributed by atoms with Gasteiger partial charge < -0.3 is 9.72 Å². The lowest BCUT2D eigenvalue weighted by Crippen LogP contribution is -2.08. The van der Waals surface area contributed by atoms with Crippen LogP contribution in [-0.4, -0.2) is 18.1 Å². The maximum absolute atomic E-state index is 11.5. The minimum Gasteiger partial charge on any atom is -0.465 e. The number of rotatable bonds is 2. The van der Waals surface area contributed by atoms with Crippen LogP contribution in [-0.2, 0) is 11.2 Å². The standard InChI is InChI=1S/C11H11NO3S/c1-3-6-4-8(13)12-9-7(6)5-16-10(9)11(14)15-2/h4-5H,3H2,1-2H3,(H,12,13). The summed E-state index contributed by atoms with van der Waals surface area (Å²) in [5, 5.41) is 2.80. The third-order valence-corrected chi connectivity index (χ3v) is 3.40. The zero-order chi connectivity index (χ0) is 11.7. The summed E-state index contributed by atoms with van der Waals surface area (Å²) in [6.07, 6.45) is 0.762. The van der Waals surface area contributed by atoms with Crippen molar-refractivity contribution in [2.75, 3.05) is 7.11 Å². The minimum absolute atomic E-state index is 0.187. The van der Waals surface area contributed by atoms with Gasteiger partial charge in [-0.15, -0.1) is 11.3 Å². The molecule has 0 radical (unpaired) electrons. The molecule has 2 aromatic heterocycles. The number of hydrogen-bond acceptors (Lipinski definition) is 4. The molecule has 0 unspecified atom stereocenters. The molecular formula is C11H11NO3S. The predicted octanol–water partition coefficient (Wildman–Crippen LogP) is 1.94. The molecule has 0 amide bonds. The number of fused-ring (bicyclic) bond motifs is 1. The van der Waals surface area contributed by atoms with E-state index in [4.69, 9.17) is 0 Å². The van der Waals surface area contributed by atoms with Gasteiger partial charge in [0, 0.05) is 16.8 Å². The molecular weight excluding hydrogens is 226 g/mol. The number of aromatic amines is 1. The Morgan fingerprint density at radius 1 is 1.56 bits per heavy atom. The summed E-state index contributed by atoms with van der Waals surface area (Å²) >= 11 is 1.29. The molecule has 1 N–H and O–H groups in total. The highest BCUT2D eigenvalue weighted by atomic mass is 32.1. The molecule has 0 fully saturated rings. The lowest BCUT2D eigenvalue weighted by molar-refractivity contribution is 0.0608. The average Bonchev–Trinajstić information content (AvgIpc) is 2.70. The highest BCUT2D eigenvalue weighted by Gasteiger charge is 2.15. The van der Waals surface area contributed by atoms with Crippen LogP contribution in [0.2, 0.25) is 0 Å². The van der Waals surface area contributed by atoms with Crippen molar-refractivity contribution in [1.82, 2.24) is 4.98 Å². The van der Waals surface area contributed by atoms with Gasteiger partial charge in [-0.2, -0.15) is 0 Å². The summed E-state index contributed by atoms with van der Waals surface area (Å²) in [6.45, 7) is 1.98. The van der Waals surface area contributed by atoms with Crippen LogP contribution in [0.15, 0.2) is 16.2 Å². The Labute approximate surface area is 95.9 Å².